The van der Waals surface area contributed by atoms with Gasteiger partial charge in [-0.3, -0.25) is 0 Å². The van der Waals surface area contributed by atoms with Crippen LogP contribution in [0.2, 0.25) is 0 Å². The van der Waals surface area contributed by atoms with E-state index in [1.807, 2.05) is 0 Å². The van der Waals surface area contributed by atoms with Crippen molar-refractivity contribution in [3.63, 3.8) is 0 Å². The highest BCUT2D eigenvalue weighted by atomic mass is 15.2. The van der Waals surface area contributed by atoms with E-state index in [0.29, 0.717) is 5.54 Å². The lowest BCUT2D eigenvalue weighted by atomic mass is 10.2. The number of fused-ring (bicyclic) bond motifs is 1. The van der Waals surface area contributed by atoms with Crippen LogP contribution in [0.1, 0.15) is 19.8 Å². The van der Waals surface area contributed by atoms with E-state index in [1.54, 1.807) is 0 Å². The lowest BCUT2D eigenvalue weighted by molar-refractivity contribution is 0.280. The molecule has 1 unspecified atom stereocenters. The number of hydrogen-bond donors (Lipinski definition) is 0. The fourth-order valence-electron chi connectivity index (χ4n) is 1.93. The fraction of sp³-hybridized carbons (Fsp3) is 1.00. The van der Waals surface area contributed by atoms with Crippen LogP contribution in [-0.2, 0) is 0 Å². The van der Waals surface area contributed by atoms with E-state index in [-0.39, 0.29) is 0 Å². The third-order valence-corrected chi connectivity index (χ3v) is 3.06. The van der Waals surface area contributed by atoms with Crippen LogP contribution in [0.5, 0.6) is 0 Å². The van der Waals surface area contributed by atoms with Gasteiger partial charge in [0.25, 0.3) is 0 Å². The molecule has 46 valence electrons. The minimum atomic E-state index is 0.653. The van der Waals surface area contributed by atoms with Crippen LogP contribution in [0, 0.1) is 5.92 Å². The second-order valence-corrected chi connectivity index (χ2v) is 3.47. The highest BCUT2D eigenvalue weighted by Crippen LogP contribution is 2.54. The Morgan fingerprint density at radius 2 is 2.38 bits per heavy atom. The average molecular weight is 111 g/mol. The third-order valence-electron chi connectivity index (χ3n) is 3.06. The van der Waals surface area contributed by atoms with Crippen molar-refractivity contribution in [2.75, 3.05) is 13.6 Å². The Morgan fingerprint density at radius 1 is 1.62 bits per heavy atom. The van der Waals surface area contributed by atoms with Crippen LogP contribution in [0.25, 0.3) is 0 Å². The molecule has 0 radical (unpaired) electrons. The average Bonchev–Trinajstić information content (AvgIpc) is 2.31. The number of hydrogen-bond acceptors (Lipinski definition) is 1. The molecule has 0 amide bonds. The zero-order valence-electron chi connectivity index (χ0n) is 5.65. The third kappa shape index (κ3) is 0.368. The molecule has 1 aliphatic heterocycles. The van der Waals surface area contributed by atoms with Crippen molar-refractivity contribution in [2.24, 2.45) is 5.92 Å². The lowest BCUT2D eigenvalue weighted by Crippen LogP contribution is -2.27. The van der Waals surface area contributed by atoms with E-state index in [9.17, 15) is 0 Å². The summed E-state index contributed by atoms with van der Waals surface area (Å²) in [7, 11) is 2.24. The molecule has 1 saturated carbocycles. The van der Waals surface area contributed by atoms with E-state index in [2.05, 4.69) is 18.9 Å². The standard InChI is InChI=1S/C7H13N/c1-7-5-6(7)3-4-8(7)2/h6H,3-5H2,1-2H3/t6?,7-/m0/s1. The molecule has 0 N–H and O–H groups in total. The smallest absolute Gasteiger partial charge is 0.0211 e. The van der Waals surface area contributed by atoms with Crippen molar-refractivity contribution < 1.29 is 0 Å². The summed E-state index contributed by atoms with van der Waals surface area (Å²) in [5.74, 6) is 1.06. The molecule has 1 aliphatic carbocycles. The topological polar surface area (TPSA) is 3.24 Å². The summed E-state index contributed by atoms with van der Waals surface area (Å²) in [4.78, 5) is 2.50. The van der Waals surface area contributed by atoms with E-state index in [0.717, 1.165) is 5.92 Å². The van der Waals surface area contributed by atoms with Crippen LogP contribution < -0.4 is 0 Å². The van der Waals surface area contributed by atoms with Crippen molar-refractivity contribution in [1.82, 2.24) is 4.90 Å². The summed E-state index contributed by atoms with van der Waals surface area (Å²) in [5, 5.41) is 0. The highest BCUT2D eigenvalue weighted by molar-refractivity contribution is 5.11. The van der Waals surface area contributed by atoms with Crippen molar-refractivity contribution in [3.05, 3.63) is 0 Å². The Bertz CT molecular complexity index is 120. The second kappa shape index (κ2) is 1.10. The van der Waals surface area contributed by atoms with Crippen molar-refractivity contribution in [2.45, 2.75) is 25.3 Å². The van der Waals surface area contributed by atoms with E-state index < -0.39 is 0 Å². The van der Waals surface area contributed by atoms with Gasteiger partial charge in [0.2, 0.25) is 0 Å². The highest BCUT2D eigenvalue weighted by Gasteiger charge is 2.56. The van der Waals surface area contributed by atoms with Gasteiger partial charge in [-0.15, -0.1) is 0 Å². The Kier molecular flexibility index (Phi) is 0.663. The van der Waals surface area contributed by atoms with Gasteiger partial charge >= 0.3 is 0 Å². The lowest BCUT2D eigenvalue weighted by Gasteiger charge is -2.17. The Morgan fingerprint density at radius 3 is 2.50 bits per heavy atom. The zero-order chi connectivity index (χ0) is 5.78. The molecule has 1 heterocycles. The summed E-state index contributed by atoms with van der Waals surface area (Å²) in [6.45, 7) is 3.71. The van der Waals surface area contributed by atoms with Crippen LogP contribution >= 0.6 is 0 Å². The molecular formula is C7H13N. The summed E-state index contributed by atoms with van der Waals surface area (Å²) in [5.41, 5.74) is 0.653. The molecule has 2 aliphatic rings. The van der Waals surface area contributed by atoms with Gasteiger partial charge in [-0.1, -0.05) is 0 Å². The SMILES string of the molecule is CN1CCC2C[C@@]21C. The van der Waals surface area contributed by atoms with Gasteiger partial charge in [-0.25, -0.2) is 0 Å². The first-order valence-electron chi connectivity index (χ1n) is 3.45. The van der Waals surface area contributed by atoms with E-state index in [4.69, 9.17) is 0 Å². The molecule has 2 fully saturated rings. The van der Waals surface area contributed by atoms with E-state index in [1.165, 1.54) is 19.4 Å². The summed E-state index contributed by atoms with van der Waals surface area (Å²) < 4.78 is 0. The molecule has 2 rings (SSSR count). The summed E-state index contributed by atoms with van der Waals surface area (Å²) >= 11 is 0. The van der Waals surface area contributed by atoms with Crippen LogP contribution in [0.3, 0.4) is 0 Å². The molecule has 1 saturated heterocycles. The Balaban J connectivity index is 2.19. The fourth-order valence-corrected chi connectivity index (χ4v) is 1.93. The quantitative estimate of drug-likeness (QED) is 0.452. The number of rotatable bonds is 0. The van der Waals surface area contributed by atoms with Gasteiger partial charge in [0, 0.05) is 5.54 Å². The molecule has 0 aromatic heterocycles. The minimum Gasteiger partial charge on any atom is -0.301 e. The van der Waals surface area contributed by atoms with Gasteiger partial charge in [0.1, 0.15) is 0 Å². The second-order valence-electron chi connectivity index (χ2n) is 3.47. The molecule has 0 bridgehead atoms. The molecule has 2 atom stereocenters. The molecule has 0 spiro atoms. The first-order chi connectivity index (χ1) is 3.73. The largest absolute Gasteiger partial charge is 0.301 e. The maximum atomic E-state index is 2.50. The Hall–Kier alpha value is -0.0400. The molecular weight excluding hydrogens is 98.1 g/mol. The molecule has 8 heavy (non-hydrogen) atoms. The molecule has 0 aromatic rings. The number of likely N-dealkylation sites (tertiary alicyclic amines) is 1. The predicted octanol–water partition coefficient (Wildman–Crippen LogP) is 1.10. The zero-order valence-corrected chi connectivity index (χ0v) is 5.65. The van der Waals surface area contributed by atoms with Gasteiger partial charge in [-0.2, -0.15) is 0 Å². The van der Waals surface area contributed by atoms with Crippen LogP contribution in [0.4, 0.5) is 0 Å². The van der Waals surface area contributed by atoms with Gasteiger partial charge in [0.15, 0.2) is 0 Å². The predicted molar refractivity (Wildman–Crippen MR) is 33.8 cm³/mol. The van der Waals surface area contributed by atoms with E-state index >= 15 is 0 Å². The summed E-state index contributed by atoms with van der Waals surface area (Å²) in [6.07, 6.45) is 2.91. The maximum Gasteiger partial charge on any atom is 0.0211 e. The molecule has 1 nitrogen and oxygen atoms in total. The number of piperidine rings is 1. The first-order valence-corrected chi connectivity index (χ1v) is 3.45. The first kappa shape index (κ1) is 4.80. The van der Waals surface area contributed by atoms with Crippen LogP contribution in [-0.4, -0.2) is 24.0 Å². The normalized spacial score (nSPS) is 54.0. The van der Waals surface area contributed by atoms with Crippen molar-refractivity contribution in [1.29, 1.82) is 0 Å². The molecule has 0 aromatic carbocycles. The van der Waals surface area contributed by atoms with Gasteiger partial charge in [-0.05, 0) is 39.3 Å². The van der Waals surface area contributed by atoms with Gasteiger partial charge in [0.05, 0.1) is 0 Å². The minimum absolute atomic E-state index is 0.653. The number of nitrogens with zero attached hydrogens (tertiary/aromatic N) is 1. The monoisotopic (exact) mass is 111 g/mol. The van der Waals surface area contributed by atoms with Gasteiger partial charge < -0.3 is 4.90 Å². The van der Waals surface area contributed by atoms with Crippen molar-refractivity contribution >= 4 is 0 Å². The Labute approximate surface area is 50.7 Å². The molecule has 1 heteroatoms. The summed E-state index contributed by atoms with van der Waals surface area (Å²) in [6, 6.07) is 0. The van der Waals surface area contributed by atoms with Crippen molar-refractivity contribution in [3.8, 4) is 0 Å². The maximum absolute atomic E-state index is 2.50. The van der Waals surface area contributed by atoms with Crippen LogP contribution in [0.15, 0.2) is 0 Å².